The highest BCUT2D eigenvalue weighted by Gasteiger charge is 2.19. The largest absolute Gasteiger partial charge is 0.492 e. The normalized spacial score (nSPS) is 17.4. The predicted molar refractivity (Wildman–Crippen MR) is 136 cm³/mol. The Morgan fingerprint density at radius 2 is 2.29 bits per heavy atom. The third-order valence-corrected chi connectivity index (χ3v) is 6.15. The number of aliphatic imine (C=N–C) groups is 1. The van der Waals surface area contributed by atoms with Crippen LogP contribution in [0, 0.1) is 5.41 Å². The van der Waals surface area contributed by atoms with Gasteiger partial charge in [-0.25, -0.2) is 4.98 Å². The number of nitrogens with zero attached hydrogens (tertiary/aromatic N) is 4. The average molecular weight is 477 g/mol. The van der Waals surface area contributed by atoms with E-state index < -0.39 is 0 Å². The van der Waals surface area contributed by atoms with Gasteiger partial charge in [-0.2, -0.15) is 4.98 Å². The van der Waals surface area contributed by atoms with Crippen LogP contribution in [0.4, 0.5) is 11.8 Å². The van der Waals surface area contributed by atoms with Crippen molar-refractivity contribution in [3.63, 3.8) is 0 Å². The molecule has 0 aliphatic carbocycles. The summed E-state index contributed by atoms with van der Waals surface area (Å²) in [5.41, 5.74) is 2.63. The van der Waals surface area contributed by atoms with E-state index in [0.29, 0.717) is 49.5 Å². The lowest BCUT2D eigenvalue weighted by Gasteiger charge is -2.16. The molecule has 0 bridgehead atoms. The molecule has 2 aliphatic heterocycles. The summed E-state index contributed by atoms with van der Waals surface area (Å²) in [5.74, 6) is 2.19. The number of anilines is 1. The molecule has 1 amide bonds. The third-order valence-electron chi connectivity index (χ3n) is 6.15. The van der Waals surface area contributed by atoms with Crippen LogP contribution in [0.25, 0.3) is 0 Å². The second kappa shape index (κ2) is 12.2. The molecule has 4 rings (SSSR count). The maximum atomic E-state index is 11.7. The van der Waals surface area contributed by atoms with Gasteiger partial charge in [-0.05, 0) is 31.4 Å². The summed E-state index contributed by atoms with van der Waals surface area (Å²) in [6, 6.07) is 8.29. The maximum Gasteiger partial charge on any atom is 0.238 e. The summed E-state index contributed by atoms with van der Waals surface area (Å²) in [7, 11) is 0. The second-order valence-electron chi connectivity index (χ2n) is 8.81. The number of likely N-dealkylation sites (tertiary alicyclic amines) is 1. The zero-order valence-electron chi connectivity index (χ0n) is 20.2. The Kier molecular flexibility index (Phi) is 8.56. The Balaban J connectivity index is 1.33. The molecule has 3 heterocycles. The molecule has 9 nitrogen and oxygen atoms in total. The fourth-order valence-corrected chi connectivity index (χ4v) is 4.23. The Labute approximate surface area is 206 Å². The van der Waals surface area contributed by atoms with Gasteiger partial charge in [0.1, 0.15) is 18.9 Å². The first-order chi connectivity index (χ1) is 17.1. The fraction of sp³-hybridized carbons (Fsp3) is 0.423. The zero-order valence-corrected chi connectivity index (χ0v) is 20.2. The van der Waals surface area contributed by atoms with Crippen molar-refractivity contribution in [1.82, 2.24) is 14.9 Å². The molecule has 2 aliphatic rings. The van der Waals surface area contributed by atoms with Crippen molar-refractivity contribution < 1.29 is 14.8 Å². The van der Waals surface area contributed by atoms with Crippen LogP contribution in [-0.2, 0) is 11.3 Å². The van der Waals surface area contributed by atoms with Crippen molar-refractivity contribution in [1.29, 1.82) is 5.41 Å². The van der Waals surface area contributed by atoms with Gasteiger partial charge in [0, 0.05) is 37.2 Å². The van der Waals surface area contributed by atoms with E-state index in [2.05, 4.69) is 33.3 Å². The van der Waals surface area contributed by atoms with Gasteiger partial charge in [-0.1, -0.05) is 31.6 Å². The van der Waals surface area contributed by atoms with Crippen molar-refractivity contribution in [2.24, 2.45) is 4.99 Å². The molecule has 0 radical (unpaired) electrons. The van der Waals surface area contributed by atoms with Crippen LogP contribution in [0.3, 0.4) is 0 Å². The van der Waals surface area contributed by atoms with Crippen LogP contribution >= 0.6 is 0 Å². The number of aromatic nitrogens is 2. The number of carbonyl (C=O) groups excluding carboxylic acids is 1. The smallest absolute Gasteiger partial charge is 0.238 e. The molecule has 0 spiro atoms. The molecule has 1 aromatic carbocycles. The topological polar surface area (TPSA) is 120 Å². The molecular weight excluding hydrogens is 442 g/mol. The van der Waals surface area contributed by atoms with Crippen LogP contribution in [0.2, 0.25) is 0 Å². The van der Waals surface area contributed by atoms with Crippen molar-refractivity contribution in [2.75, 3.05) is 25.0 Å². The summed E-state index contributed by atoms with van der Waals surface area (Å²) in [6.45, 7) is 4.74. The first kappa shape index (κ1) is 24.5. The minimum absolute atomic E-state index is 0.213. The molecule has 1 saturated heterocycles. The highest BCUT2D eigenvalue weighted by Crippen LogP contribution is 2.17. The lowest BCUT2D eigenvalue weighted by Crippen LogP contribution is -2.77. The summed E-state index contributed by atoms with van der Waals surface area (Å²) in [5, 5.41) is 13.0. The summed E-state index contributed by atoms with van der Waals surface area (Å²) in [6.07, 6.45) is 11.6. The van der Waals surface area contributed by atoms with E-state index in [1.165, 1.54) is 6.21 Å². The first-order valence-corrected chi connectivity index (χ1v) is 12.3. The number of dihydropyridines is 1. The zero-order chi connectivity index (χ0) is 24.5. The van der Waals surface area contributed by atoms with Gasteiger partial charge in [0.2, 0.25) is 17.7 Å². The average Bonchev–Trinajstić information content (AvgIpc) is 3.29. The van der Waals surface area contributed by atoms with Gasteiger partial charge in [0.05, 0.1) is 23.8 Å². The molecule has 9 heteroatoms. The number of ether oxygens (including phenoxy) is 1. The second-order valence-corrected chi connectivity index (χ2v) is 8.81. The number of nitrogens with two attached hydrogens (primary N) is 1. The number of hydrogen-bond acceptors (Lipinski definition) is 7. The van der Waals surface area contributed by atoms with Crippen LogP contribution in [0.1, 0.15) is 50.2 Å². The van der Waals surface area contributed by atoms with Crippen molar-refractivity contribution in [3.8, 4) is 5.75 Å². The quantitative estimate of drug-likeness (QED) is 0.407. The van der Waals surface area contributed by atoms with Crippen molar-refractivity contribution in [3.05, 3.63) is 53.4 Å². The summed E-state index contributed by atoms with van der Waals surface area (Å²) >= 11 is 0. The summed E-state index contributed by atoms with van der Waals surface area (Å²) < 4.78 is 5.88. The Morgan fingerprint density at radius 3 is 3.03 bits per heavy atom. The number of rotatable bonds is 12. The van der Waals surface area contributed by atoms with E-state index >= 15 is 0 Å². The number of allylic oxidation sites excluding steroid dienone is 1. The lowest BCUT2D eigenvalue weighted by atomic mass is 10.1. The Morgan fingerprint density at radius 1 is 1.37 bits per heavy atom. The summed E-state index contributed by atoms with van der Waals surface area (Å²) in [4.78, 5) is 27.2. The van der Waals surface area contributed by atoms with Crippen LogP contribution < -0.4 is 15.4 Å². The minimum Gasteiger partial charge on any atom is -0.492 e. The third kappa shape index (κ3) is 6.95. The predicted octanol–water partition coefficient (Wildman–Crippen LogP) is 2.81. The molecule has 4 N–H and O–H groups in total. The SMILES string of the molecule is CCCC1CC=C(Nc2ncc(C=N)c([NH2+]Cc3cccc(OCCN4CCCC4=O)c3)n2)C=N1. The molecular formula is C26H34N7O2+. The number of quaternary nitrogens is 1. The van der Waals surface area contributed by atoms with E-state index in [1.54, 1.807) is 6.20 Å². The van der Waals surface area contributed by atoms with Gasteiger partial charge in [0.15, 0.2) is 0 Å². The number of hydrogen-bond donors (Lipinski definition) is 3. The molecule has 184 valence electrons. The van der Waals surface area contributed by atoms with E-state index in [4.69, 9.17) is 10.1 Å². The molecule has 1 unspecified atom stereocenters. The molecule has 1 aromatic heterocycles. The van der Waals surface area contributed by atoms with E-state index in [9.17, 15) is 4.79 Å². The number of amides is 1. The Hall–Kier alpha value is -3.59. The molecule has 0 saturated carbocycles. The van der Waals surface area contributed by atoms with E-state index in [1.807, 2.05) is 40.7 Å². The number of nitrogens with one attached hydrogen (secondary N) is 2. The maximum absolute atomic E-state index is 11.7. The van der Waals surface area contributed by atoms with Gasteiger partial charge >= 0.3 is 0 Å². The monoisotopic (exact) mass is 476 g/mol. The van der Waals surface area contributed by atoms with Crippen molar-refractivity contribution >= 4 is 30.1 Å². The number of benzene rings is 1. The standard InChI is InChI=1S/C26H33N7O2/c1-2-5-21-9-10-22(18-28-21)31-26-30-17-20(15-27)25(32-26)29-16-19-6-3-7-23(14-19)35-13-12-33-11-4-8-24(33)34/h3,6-7,10,14-15,17-18,21,27H,2,4-5,8-9,11-13,16H2,1H3,(H2,29,30,31,32)/p+1. The number of carbonyl (C=O) groups is 1. The Bertz CT molecular complexity index is 1100. The molecule has 35 heavy (non-hydrogen) atoms. The molecule has 1 atom stereocenters. The van der Waals surface area contributed by atoms with Gasteiger partial charge in [-0.3, -0.25) is 15.1 Å². The van der Waals surface area contributed by atoms with Crippen molar-refractivity contribution in [2.45, 2.75) is 51.6 Å². The van der Waals surface area contributed by atoms with Crippen LogP contribution in [0.15, 0.2) is 47.2 Å². The van der Waals surface area contributed by atoms with Crippen LogP contribution in [0.5, 0.6) is 5.75 Å². The van der Waals surface area contributed by atoms with E-state index in [-0.39, 0.29) is 5.91 Å². The molecule has 2 aromatic rings. The minimum atomic E-state index is 0.213. The fourth-order valence-electron chi connectivity index (χ4n) is 4.23. The van der Waals surface area contributed by atoms with Gasteiger partial charge in [0.25, 0.3) is 0 Å². The lowest BCUT2D eigenvalue weighted by molar-refractivity contribution is -0.592. The van der Waals surface area contributed by atoms with Crippen LogP contribution in [-0.4, -0.2) is 58.9 Å². The van der Waals surface area contributed by atoms with Gasteiger partial charge in [-0.15, -0.1) is 0 Å². The first-order valence-electron chi connectivity index (χ1n) is 12.3. The van der Waals surface area contributed by atoms with Gasteiger partial charge < -0.3 is 20.4 Å². The van der Waals surface area contributed by atoms with E-state index in [0.717, 1.165) is 49.2 Å². The molecule has 1 fully saturated rings. The highest BCUT2D eigenvalue weighted by molar-refractivity contribution is 5.84. The highest BCUT2D eigenvalue weighted by atomic mass is 16.5.